The molecule has 0 saturated carbocycles. The number of rotatable bonds is 6. The molecule has 0 radical (unpaired) electrons. The zero-order valence-corrected chi connectivity index (χ0v) is 11.7. The van der Waals surface area contributed by atoms with Crippen LogP contribution >= 0.6 is 0 Å². The molecule has 4 nitrogen and oxygen atoms in total. The molecule has 1 aromatic carbocycles. The van der Waals surface area contributed by atoms with Crippen LogP contribution in [0.2, 0.25) is 0 Å². The lowest BCUT2D eigenvalue weighted by Crippen LogP contribution is -2.07. The van der Waals surface area contributed by atoms with Crippen LogP contribution in [0.25, 0.3) is 0 Å². The summed E-state index contributed by atoms with van der Waals surface area (Å²) < 4.78 is 12.8. The molecule has 2 rings (SSSR count). The first-order valence-corrected chi connectivity index (χ1v) is 6.73. The molecule has 1 heterocycles. The van der Waals surface area contributed by atoms with Gasteiger partial charge in [-0.3, -0.25) is 0 Å². The summed E-state index contributed by atoms with van der Waals surface area (Å²) in [4.78, 5) is 8.50. The SMILES string of the molecule is CC(C)CCNc1ccnc(Nc2ccc(F)cc2)n1. The second-order valence-corrected chi connectivity index (χ2v) is 5.01. The van der Waals surface area contributed by atoms with Gasteiger partial charge in [0.25, 0.3) is 0 Å². The maximum atomic E-state index is 12.8. The Bertz CT molecular complexity index is 540. The first-order valence-electron chi connectivity index (χ1n) is 6.73. The van der Waals surface area contributed by atoms with E-state index in [-0.39, 0.29) is 5.82 Å². The Morgan fingerprint density at radius 1 is 1.15 bits per heavy atom. The molecule has 0 aliphatic rings. The molecule has 0 aliphatic carbocycles. The lowest BCUT2D eigenvalue weighted by Gasteiger charge is -2.09. The molecule has 106 valence electrons. The second kappa shape index (κ2) is 6.84. The normalized spacial score (nSPS) is 10.6. The Morgan fingerprint density at radius 2 is 1.90 bits per heavy atom. The van der Waals surface area contributed by atoms with Crippen molar-refractivity contribution in [3.05, 3.63) is 42.3 Å². The molecular weight excluding hydrogens is 255 g/mol. The molecule has 0 atom stereocenters. The smallest absolute Gasteiger partial charge is 0.229 e. The van der Waals surface area contributed by atoms with Crippen LogP contribution in [-0.4, -0.2) is 16.5 Å². The molecule has 0 spiro atoms. The molecule has 0 bridgehead atoms. The fourth-order valence-corrected chi connectivity index (χ4v) is 1.67. The van der Waals surface area contributed by atoms with Crippen molar-refractivity contribution in [2.24, 2.45) is 5.92 Å². The van der Waals surface area contributed by atoms with Crippen molar-refractivity contribution in [1.29, 1.82) is 0 Å². The maximum Gasteiger partial charge on any atom is 0.229 e. The largest absolute Gasteiger partial charge is 0.370 e. The molecule has 20 heavy (non-hydrogen) atoms. The summed E-state index contributed by atoms with van der Waals surface area (Å²) in [5.74, 6) is 1.66. The zero-order valence-electron chi connectivity index (χ0n) is 11.7. The van der Waals surface area contributed by atoms with Gasteiger partial charge in [-0.2, -0.15) is 4.98 Å². The van der Waals surface area contributed by atoms with Crippen molar-refractivity contribution < 1.29 is 4.39 Å². The number of nitrogens with one attached hydrogen (secondary N) is 2. The zero-order chi connectivity index (χ0) is 14.4. The maximum absolute atomic E-state index is 12.8. The van der Waals surface area contributed by atoms with E-state index in [1.165, 1.54) is 12.1 Å². The van der Waals surface area contributed by atoms with Gasteiger partial charge < -0.3 is 10.6 Å². The lowest BCUT2D eigenvalue weighted by molar-refractivity contribution is 0.606. The molecule has 5 heteroatoms. The van der Waals surface area contributed by atoms with Crippen molar-refractivity contribution in [2.45, 2.75) is 20.3 Å². The van der Waals surface area contributed by atoms with Crippen LogP contribution in [0.4, 0.5) is 21.8 Å². The molecular formula is C15H19FN4. The minimum Gasteiger partial charge on any atom is -0.370 e. The number of anilines is 3. The van der Waals surface area contributed by atoms with E-state index in [0.717, 1.165) is 24.5 Å². The second-order valence-electron chi connectivity index (χ2n) is 5.01. The van der Waals surface area contributed by atoms with Gasteiger partial charge >= 0.3 is 0 Å². The van der Waals surface area contributed by atoms with E-state index in [9.17, 15) is 4.39 Å². The van der Waals surface area contributed by atoms with Crippen molar-refractivity contribution in [1.82, 2.24) is 9.97 Å². The first kappa shape index (κ1) is 14.2. The fraction of sp³-hybridized carbons (Fsp3) is 0.333. The number of benzene rings is 1. The van der Waals surface area contributed by atoms with E-state index in [1.807, 2.05) is 6.07 Å². The Morgan fingerprint density at radius 3 is 2.60 bits per heavy atom. The molecule has 0 unspecified atom stereocenters. The quantitative estimate of drug-likeness (QED) is 0.840. The highest BCUT2D eigenvalue weighted by atomic mass is 19.1. The van der Waals surface area contributed by atoms with Crippen molar-refractivity contribution in [2.75, 3.05) is 17.2 Å². The van der Waals surface area contributed by atoms with Gasteiger partial charge in [0.05, 0.1) is 0 Å². The number of nitrogens with zero attached hydrogens (tertiary/aromatic N) is 2. The topological polar surface area (TPSA) is 49.8 Å². The van der Waals surface area contributed by atoms with E-state index in [4.69, 9.17) is 0 Å². The van der Waals surface area contributed by atoms with Gasteiger partial charge in [0.1, 0.15) is 11.6 Å². The van der Waals surface area contributed by atoms with E-state index < -0.39 is 0 Å². The Hall–Kier alpha value is -2.17. The summed E-state index contributed by atoms with van der Waals surface area (Å²) in [5, 5.41) is 6.30. The third kappa shape index (κ3) is 4.50. The van der Waals surface area contributed by atoms with E-state index in [1.54, 1.807) is 18.3 Å². The summed E-state index contributed by atoms with van der Waals surface area (Å²) in [6.45, 7) is 5.25. The highest BCUT2D eigenvalue weighted by Gasteiger charge is 2.01. The Balaban J connectivity index is 1.96. The number of aromatic nitrogens is 2. The van der Waals surface area contributed by atoms with Crippen LogP contribution in [0, 0.1) is 11.7 Å². The number of hydrogen-bond acceptors (Lipinski definition) is 4. The van der Waals surface area contributed by atoms with Crippen molar-refractivity contribution in [3.8, 4) is 0 Å². The van der Waals surface area contributed by atoms with Crippen LogP contribution in [0.3, 0.4) is 0 Å². The average molecular weight is 274 g/mol. The molecule has 2 aromatic rings. The van der Waals surface area contributed by atoms with Gasteiger partial charge in [0.15, 0.2) is 0 Å². The highest BCUT2D eigenvalue weighted by Crippen LogP contribution is 2.14. The van der Waals surface area contributed by atoms with Crippen LogP contribution < -0.4 is 10.6 Å². The monoisotopic (exact) mass is 274 g/mol. The average Bonchev–Trinajstić information content (AvgIpc) is 2.41. The van der Waals surface area contributed by atoms with Gasteiger partial charge in [-0.05, 0) is 42.7 Å². The summed E-state index contributed by atoms with van der Waals surface area (Å²) in [7, 11) is 0. The first-order chi connectivity index (χ1) is 9.63. The van der Waals surface area contributed by atoms with E-state index in [0.29, 0.717) is 11.9 Å². The fourth-order valence-electron chi connectivity index (χ4n) is 1.67. The molecule has 0 saturated heterocycles. The molecule has 0 amide bonds. The minimum absolute atomic E-state index is 0.263. The third-order valence-electron chi connectivity index (χ3n) is 2.78. The van der Waals surface area contributed by atoms with Gasteiger partial charge in [-0.25, -0.2) is 9.37 Å². The summed E-state index contributed by atoms with van der Waals surface area (Å²) in [6.07, 6.45) is 2.78. The van der Waals surface area contributed by atoms with E-state index in [2.05, 4.69) is 34.4 Å². The van der Waals surface area contributed by atoms with Crippen LogP contribution in [0.15, 0.2) is 36.5 Å². The van der Waals surface area contributed by atoms with Crippen LogP contribution in [0.1, 0.15) is 20.3 Å². The van der Waals surface area contributed by atoms with Gasteiger partial charge in [0, 0.05) is 18.4 Å². The van der Waals surface area contributed by atoms with E-state index >= 15 is 0 Å². The minimum atomic E-state index is -0.263. The Labute approximate surface area is 118 Å². The van der Waals surface area contributed by atoms with Crippen molar-refractivity contribution >= 4 is 17.5 Å². The highest BCUT2D eigenvalue weighted by molar-refractivity contribution is 5.54. The molecule has 1 aromatic heterocycles. The van der Waals surface area contributed by atoms with Gasteiger partial charge in [-0.1, -0.05) is 13.8 Å². The Kier molecular flexibility index (Phi) is 4.87. The predicted octanol–water partition coefficient (Wildman–Crippen LogP) is 3.82. The standard InChI is InChI=1S/C15H19FN4/c1-11(2)7-9-17-14-8-10-18-15(20-14)19-13-5-3-12(16)4-6-13/h3-6,8,10-11H,7,9H2,1-2H3,(H2,17,18,19,20). The summed E-state index contributed by atoms with van der Waals surface area (Å²) in [5.41, 5.74) is 0.755. The molecule has 0 aliphatic heterocycles. The summed E-state index contributed by atoms with van der Waals surface area (Å²) >= 11 is 0. The van der Waals surface area contributed by atoms with Crippen LogP contribution in [0.5, 0.6) is 0 Å². The molecule has 2 N–H and O–H groups in total. The van der Waals surface area contributed by atoms with Crippen LogP contribution in [-0.2, 0) is 0 Å². The van der Waals surface area contributed by atoms with Crippen molar-refractivity contribution in [3.63, 3.8) is 0 Å². The lowest BCUT2D eigenvalue weighted by atomic mass is 10.1. The molecule has 0 fully saturated rings. The summed E-state index contributed by atoms with van der Waals surface area (Å²) in [6, 6.07) is 7.92. The third-order valence-corrected chi connectivity index (χ3v) is 2.78. The number of hydrogen-bond donors (Lipinski definition) is 2. The van der Waals surface area contributed by atoms with Gasteiger partial charge in [0.2, 0.25) is 5.95 Å². The van der Waals surface area contributed by atoms with Gasteiger partial charge in [-0.15, -0.1) is 0 Å². The predicted molar refractivity (Wildman–Crippen MR) is 79.7 cm³/mol. The number of halogens is 1.